The smallest absolute Gasteiger partial charge is 0.325 e. The highest BCUT2D eigenvalue weighted by Gasteiger charge is 2.37. The summed E-state index contributed by atoms with van der Waals surface area (Å²) in [5.41, 5.74) is 3.89. The second kappa shape index (κ2) is 7.31. The quantitative estimate of drug-likeness (QED) is 0.714. The Kier molecular flexibility index (Phi) is 4.69. The zero-order valence-corrected chi connectivity index (χ0v) is 15.5. The van der Waals surface area contributed by atoms with E-state index in [9.17, 15) is 14.7 Å². The van der Waals surface area contributed by atoms with Crippen molar-refractivity contribution < 1.29 is 14.7 Å². The summed E-state index contributed by atoms with van der Waals surface area (Å²) in [5, 5.41) is 16.4. The fourth-order valence-electron chi connectivity index (χ4n) is 4.16. The molecule has 1 aromatic heterocycles. The summed E-state index contributed by atoms with van der Waals surface area (Å²) in [6.45, 7) is 1.58. The molecule has 1 unspecified atom stereocenters. The SMILES string of the molecule is Cc1nn(CC(=O)O)c2c1C(C(c1ccccc1)c1ccccc1)CC(=O)N2. The third-order valence-corrected chi connectivity index (χ3v) is 5.21. The average Bonchev–Trinajstić information content (AvgIpc) is 2.98. The fourth-order valence-corrected chi connectivity index (χ4v) is 4.16. The van der Waals surface area contributed by atoms with Gasteiger partial charge in [-0.25, -0.2) is 4.68 Å². The summed E-state index contributed by atoms with van der Waals surface area (Å²) < 4.78 is 1.38. The summed E-state index contributed by atoms with van der Waals surface area (Å²) in [5.74, 6) is -0.785. The Balaban J connectivity index is 1.88. The van der Waals surface area contributed by atoms with E-state index in [2.05, 4.69) is 34.7 Å². The van der Waals surface area contributed by atoms with Gasteiger partial charge in [0.15, 0.2) is 0 Å². The summed E-state index contributed by atoms with van der Waals surface area (Å²) in [6.07, 6.45) is 0.320. The second-order valence-corrected chi connectivity index (χ2v) is 7.06. The molecule has 6 heteroatoms. The summed E-state index contributed by atoms with van der Waals surface area (Å²) in [6, 6.07) is 20.2. The maximum atomic E-state index is 12.6. The van der Waals surface area contributed by atoms with E-state index in [0.717, 1.165) is 22.4 Å². The van der Waals surface area contributed by atoms with E-state index in [4.69, 9.17) is 0 Å². The van der Waals surface area contributed by atoms with Gasteiger partial charge in [-0.1, -0.05) is 60.7 Å². The number of benzene rings is 2. The van der Waals surface area contributed by atoms with E-state index in [1.165, 1.54) is 4.68 Å². The minimum atomic E-state index is -0.996. The van der Waals surface area contributed by atoms with Crippen molar-refractivity contribution in [2.75, 3.05) is 5.32 Å². The normalized spacial score (nSPS) is 15.9. The fraction of sp³-hybridized carbons (Fsp3) is 0.227. The van der Waals surface area contributed by atoms with Gasteiger partial charge in [0.1, 0.15) is 12.4 Å². The van der Waals surface area contributed by atoms with Crippen molar-refractivity contribution in [3.05, 3.63) is 83.0 Å². The number of aryl methyl sites for hydroxylation is 1. The number of nitrogens with one attached hydrogen (secondary N) is 1. The second-order valence-electron chi connectivity index (χ2n) is 7.06. The molecular formula is C22H21N3O3. The van der Waals surface area contributed by atoms with Gasteiger partial charge in [-0.05, 0) is 18.1 Å². The van der Waals surface area contributed by atoms with Crippen molar-refractivity contribution in [2.45, 2.75) is 31.7 Å². The van der Waals surface area contributed by atoms with Crippen LogP contribution in [0.25, 0.3) is 0 Å². The molecule has 1 amide bonds. The number of aliphatic carboxylic acids is 1. The molecule has 2 heterocycles. The van der Waals surface area contributed by atoms with E-state index in [0.29, 0.717) is 12.2 Å². The number of hydrogen-bond acceptors (Lipinski definition) is 3. The van der Waals surface area contributed by atoms with Crippen LogP contribution in [0.15, 0.2) is 60.7 Å². The highest BCUT2D eigenvalue weighted by atomic mass is 16.4. The molecule has 1 aliphatic heterocycles. The molecule has 2 N–H and O–H groups in total. The van der Waals surface area contributed by atoms with Gasteiger partial charge in [0.25, 0.3) is 0 Å². The predicted octanol–water partition coefficient (Wildman–Crippen LogP) is 3.53. The lowest BCUT2D eigenvalue weighted by Crippen LogP contribution is -2.28. The topological polar surface area (TPSA) is 84.2 Å². The largest absolute Gasteiger partial charge is 0.480 e. The Morgan fingerprint density at radius 2 is 1.71 bits per heavy atom. The van der Waals surface area contributed by atoms with Crippen LogP contribution in [0.1, 0.15) is 40.6 Å². The molecule has 2 aromatic carbocycles. The number of carbonyl (C=O) groups excluding carboxylic acids is 1. The molecule has 0 radical (unpaired) electrons. The van der Waals surface area contributed by atoms with E-state index in [-0.39, 0.29) is 24.3 Å². The summed E-state index contributed by atoms with van der Waals surface area (Å²) >= 11 is 0. The molecule has 0 spiro atoms. The molecule has 0 saturated carbocycles. The van der Waals surface area contributed by atoms with E-state index in [1.54, 1.807) is 0 Å². The number of anilines is 1. The van der Waals surface area contributed by atoms with Crippen molar-refractivity contribution >= 4 is 17.7 Å². The van der Waals surface area contributed by atoms with Crippen LogP contribution in [0, 0.1) is 6.92 Å². The van der Waals surface area contributed by atoms with Crippen LogP contribution in [-0.4, -0.2) is 26.8 Å². The van der Waals surface area contributed by atoms with Crippen molar-refractivity contribution in [1.82, 2.24) is 9.78 Å². The van der Waals surface area contributed by atoms with Crippen LogP contribution in [0.5, 0.6) is 0 Å². The van der Waals surface area contributed by atoms with Crippen LogP contribution >= 0.6 is 0 Å². The zero-order chi connectivity index (χ0) is 19.7. The summed E-state index contributed by atoms with van der Waals surface area (Å²) in [7, 11) is 0. The standard InChI is InChI=1S/C22H21N3O3/c1-14-20-17(12-18(26)23-22(20)25(24-14)13-19(27)28)21(15-8-4-2-5-9-15)16-10-6-3-7-11-16/h2-11,17,21H,12-13H2,1H3,(H,23,26)(H,27,28). The maximum absolute atomic E-state index is 12.6. The third kappa shape index (κ3) is 3.29. The predicted molar refractivity (Wildman–Crippen MR) is 105 cm³/mol. The first kappa shape index (κ1) is 18.0. The highest BCUT2D eigenvalue weighted by Crippen LogP contribution is 2.46. The molecule has 6 nitrogen and oxygen atoms in total. The average molecular weight is 375 g/mol. The Hall–Kier alpha value is -3.41. The number of aromatic nitrogens is 2. The molecule has 1 atom stereocenters. The number of amides is 1. The van der Waals surface area contributed by atoms with Crippen LogP contribution in [0.3, 0.4) is 0 Å². The molecule has 0 saturated heterocycles. The van der Waals surface area contributed by atoms with E-state index >= 15 is 0 Å². The first-order valence-corrected chi connectivity index (χ1v) is 9.23. The van der Waals surface area contributed by atoms with Crippen LogP contribution in [0.2, 0.25) is 0 Å². The number of carboxylic acid groups (broad SMARTS) is 1. The zero-order valence-electron chi connectivity index (χ0n) is 15.5. The van der Waals surface area contributed by atoms with Crippen LogP contribution in [0.4, 0.5) is 5.82 Å². The molecule has 1 aliphatic rings. The Morgan fingerprint density at radius 1 is 1.14 bits per heavy atom. The molecule has 0 bridgehead atoms. The van der Waals surface area contributed by atoms with Gasteiger partial charge in [0.05, 0.1) is 5.69 Å². The molecule has 3 aromatic rings. The molecular weight excluding hydrogens is 354 g/mol. The first-order chi connectivity index (χ1) is 13.5. The van der Waals surface area contributed by atoms with Crippen molar-refractivity contribution in [3.8, 4) is 0 Å². The van der Waals surface area contributed by atoms with Gasteiger partial charge >= 0.3 is 5.97 Å². The molecule has 0 fully saturated rings. The molecule has 28 heavy (non-hydrogen) atoms. The Bertz CT molecular complexity index is 973. The lowest BCUT2D eigenvalue weighted by atomic mass is 9.74. The Morgan fingerprint density at radius 3 is 2.25 bits per heavy atom. The van der Waals surface area contributed by atoms with Crippen LogP contribution in [-0.2, 0) is 16.1 Å². The lowest BCUT2D eigenvalue weighted by molar-refractivity contribution is -0.137. The van der Waals surface area contributed by atoms with Crippen LogP contribution < -0.4 is 5.32 Å². The van der Waals surface area contributed by atoms with Crippen molar-refractivity contribution in [2.24, 2.45) is 0 Å². The monoisotopic (exact) mass is 375 g/mol. The third-order valence-electron chi connectivity index (χ3n) is 5.21. The molecule has 0 aliphatic carbocycles. The van der Waals surface area contributed by atoms with Gasteiger partial charge < -0.3 is 10.4 Å². The van der Waals surface area contributed by atoms with E-state index in [1.807, 2.05) is 43.3 Å². The highest BCUT2D eigenvalue weighted by molar-refractivity contribution is 5.94. The van der Waals surface area contributed by atoms with Crippen molar-refractivity contribution in [3.63, 3.8) is 0 Å². The van der Waals surface area contributed by atoms with Gasteiger partial charge in [0.2, 0.25) is 5.91 Å². The van der Waals surface area contributed by atoms with E-state index < -0.39 is 5.97 Å². The molecule has 142 valence electrons. The number of carbonyl (C=O) groups is 2. The van der Waals surface area contributed by atoms with Gasteiger partial charge in [0, 0.05) is 23.8 Å². The van der Waals surface area contributed by atoms with Gasteiger partial charge in [-0.15, -0.1) is 0 Å². The van der Waals surface area contributed by atoms with Gasteiger partial charge in [-0.3, -0.25) is 9.59 Å². The Labute approximate surface area is 162 Å². The number of hydrogen-bond donors (Lipinski definition) is 2. The minimum absolute atomic E-state index is 0.0339. The number of rotatable bonds is 5. The number of fused-ring (bicyclic) bond motifs is 1. The van der Waals surface area contributed by atoms with Gasteiger partial charge in [-0.2, -0.15) is 5.10 Å². The summed E-state index contributed by atoms with van der Waals surface area (Å²) in [4.78, 5) is 23.8. The lowest BCUT2D eigenvalue weighted by Gasteiger charge is -2.31. The van der Waals surface area contributed by atoms with Crippen molar-refractivity contribution in [1.29, 1.82) is 0 Å². The first-order valence-electron chi connectivity index (χ1n) is 9.23. The minimum Gasteiger partial charge on any atom is -0.480 e. The number of carboxylic acids is 1. The molecule has 4 rings (SSSR count). The maximum Gasteiger partial charge on any atom is 0.325 e. The number of nitrogens with zero attached hydrogens (tertiary/aromatic N) is 2.